The van der Waals surface area contributed by atoms with Gasteiger partial charge in [0.1, 0.15) is 6.10 Å². The normalized spacial score (nSPS) is 12.8. The monoisotopic (exact) mass is 257 g/mol. The summed E-state index contributed by atoms with van der Waals surface area (Å²) < 4.78 is 0. The maximum Gasteiger partial charge on any atom is 0.105 e. The van der Waals surface area contributed by atoms with E-state index in [1.54, 1.807) is 12.1 Å². The molecular formula is C15H12ClNO. The molecule has 3 heteroatoms. The number of aliphatic hydroxyl groups excluding tert-OH is 1. The van der Waals surface area contributed by atoms with Crippen molar-refractivity contribution in [2.24, 2.45) is 0 Å². The molecule has 0 amide bonds. The lowest BCUT2D eigenvalue weighted by molar-refractivity contribution is 0.222. The quantitative estimate of drug-likeness (QED) is 0.718. The van der Waals surface area contributed by atoms with Crippen molar-refractivity contribution < 1.29 is 5.11 Å². The third-order valence-electron chi connectivity index (χ3n) is 3.09. The second kappa shape index (κ2) is 4.48. The van der Waals surface area contributed by atoms with E-state index in [4.69, 9.17) is 11.6 Å². The number of rotatable bonds is 2. The van der Waals surface area contributed by atoms with Crippen molar-refractivity contribution in [3.63, 3.8) is 0 Å². The predicted molar refractivity (Wildman–Crippen MR) is 73.8 cm³/mol. The molecule has 0 aliphatic heterocycles. The highest BCUT2D eigenvalue weighted by Crippen LogP contribution is 2.29. The van der Waals surface area contributed by atoms with Crippen LogP contribution in [0.3, 0.4) is 0 Å². The molecular weight excluding hydrogens is 246 g/mol. The molecule has 0 spiro atoms. The fourth-order valence-electron chi connectivity index (χ4n) is 2.20. The minimum absolute atomic E-state index is 0.632. The highest BCUT2D eigenvalue weighted by molar-refractivity contribution is 6.30. The molecule has 1 atom stereocenters. The number of aromatic nitrogens is 1. The molecule has 2 aromatic carbocycles. The van der Waals surface area contributed by atoms with Crippen LogP contribution in [0.15, 0.2) is 54.7 Å². The van der Waals surface area contributed by atoms with Crippen molar-refractivity contribution in [3.8, 4) is 0 Å². The molecule has 3 aromatic rings. The highest BCUT2D eigenvalue weighted by atomic mass is 35.5. The Morgan fingerprint density at radius 3 is 2.72 bits per heavy atom. The molecule has 0 bridgehead atoms. The van der Waals surface area contributed by atoms with Gasteiger partial charge >= 0.3 is 0 Å². The summed E-state index contributed by atoms with van der Waals surface area (Å²) in [5, 5.41) is 12.1. The molecule has 2 N–H and O–H groups in total. The van der Waals surface area contributed by atoms with E-state index in [2.05, 4.69) is 4.98 Å². The first-order valence-corrected chi connectivity index (χ1v) is 6.13. The van der Waals surface area contributed by atoms with Crippen molar-refractivity contribution in [2.75, 3.05) is 0 Å². The lowest BCUT2D eigenvalue weighted by Crippen LogP contribution is -1.99. The second-order valence-electron chi connectivity index (χ2n) is 4.24. The number of nitrogens with one attached hydrogen (secondary N) is 1. The van der Waals surface area contributed by atoms with Crippen LogP contribution in [0.2, 0.25) is 5.02 Å². The molecule has 1 heterocycles. The smallest absolute Gasteiger partial charge is 0.105 e. The molecule has 0 saturated carbocycles. The topological polar surface area (TPSA) is 36.0 Å². The number of halogens is 1. The number of hydrogen-bond donors (Lipinski definition) is 2. The van der Waals surface area contributed by atoms with E-state index in [0.29, 0.717) is 5.02 Å². The minimum Gasteiger partial charge on any atom is -0.384 e. The Labute approximate surface area is 110 Å². The third kappa shape index (κ3) is 1.90. The van der Waals surface area contributed by atoms with Crippen LogP contribution < -0.4 is 0 Å². The fourth-order valence-corrected chi connectivity index (χ4v) is 2.40. The zero-order chi connectivity index (χ0) is 12.5. The van der Waals surface area contributed by atoms with Gasteiger partial charge in [0.2, 0.25) is 0 Å². The van der Waals surface area contributed by atoms with Crippen molar-refractivity contribution in [1.82, 2.24) is 4.98 Å². The van der Waals surface area contributed by atoms with Gasteiger partial charge in [0, 0.05) is 22.1 Å². The fraction of sp³-hybridized carbons (Fsp3) is 0.0667. The van der Waals surface area contributed by atoms with E-state index in [9.17, 15) is 5.11 Å². The van der Waals surface area contributed by atoms with Crippen molar-refractivity contribution in [2.45, 2.75) is 6.10 Å². The summed E-state index contributed by atoms with van der Waals surface area (Å²) in [5.74, 6) is 0. The van der Waals surface area contributed by atoms with E-state index in [0.717, 1.165) is 22.0 Å². The van der Waals surface area contributed by atoms with Gasteiger partial charge in [-0.05, 0) is 35.4 Å². The summed E-state index contributed by atoms with van der Waals surface area (Å²) >= 11 is 5.96. The summed E-state index contributed by atoms with van der Waals surface area (Å²) in [4.78, 5) is 3.14. The molecule has 0 radical (unpaired) electrons. The summed E-state index contributed by atoms with van der Waals surface area (Å²) in [7, 11) is 0. The molecule has 0 aliphatic rings. The van der Waals surface area contributed by atoms with E-state index >= 15 is 0 Å². The van der Waals surface area contributed by atoms with Gasteiger partial charge in [-0.15, -0.1) is 0 Å². The Hall–Kier alpha value is -1.77. The minimum atomic E-state index is -0.664. The van der Waals surface area contributed by atoms with Crippen molar-refractivity contribution in [3.05, 3.63) is 70.9 Å². The lowest BCUT2D eigenvalue weighted by Gasteiger charge is -2.13. The second-order valence-corrected chi connectivity index (χ2v) is 4.68. The van der Waals surface area contributed by atoms with Gasteiger partial charge in [0.25, 0.3) is 0 Å². The van der Waals surface area contributed by atoms with Gasteiger partial charge in [0.05, 0.1) is 0 Å². The zero-order valence-electron chi connectivity index (χ0n) is 9.60. The number of fused-ring (bicyclic) bond motifs is 1. The average Bonchev–Trinajstić information content (AvgIpc) is 2.86. The summed E-state index contributed by atoms with van der Waals surface area (Å²) in [6.45, 7) is 0. The Bertz CT molecular complexity index is 690. The van der Waals surface area contributed by atoms with E-state index in [1.165, 1.54) is 0 Å². The largest absolute Gasteiger partial charge is 0.384 e. The molecule has 3 rings (SSSR count). The van der Waals surface area contributed by atoms with Gasteiger partial charge in [-0.3, -0.25) is 0 Å². The predicted octanol–water partition coefficient (Wildman–Crippen LogP) is 3.90. The highest BCUT2D eigenvalue weighted by Gasteiger charge is 2.13. The van der Waals surface area contributed by atoms with Gasteiger partial charge in [-0.1, -0.05) is 35.9 Å². The van der Waals surface area contributed by atoms with Crippen LogP contribution in [0.25, 0.3) is 10.9 Å². The Morgan fingerprint density at radius 2 is 1.89 bits per heavy atom. The van der Waals surface area contributed by atoms with Crippen molar-refractivity contribution >= 4 is 22.5 Å². The van der Waals surface area contributed by atoms with Crippen LogP contribution in [0.4, 0.5) is 0 Å². The number of aromatic amines is 1. The van der Waals surface area contributed by atoms with Gasteiger partial charge in [-0.25, -0.2) is 0 Å². The number of H-pyrrole nitrogens is 1. The van der Waals surface area contributed by atoms with Gasteiger partial charge < -0.3 is 10.1 Å². The third-order valence-corrected chi connectivity index (χ3v) is 3.32. The Balaban J connectivity index is 2.12. The van der Waals surface area contributed by atoms with E-state index in [-0.39, 0.29) is 0 Å². The first kappa shape index (κ1) is 11.3. The summed E-state index contributed by atoms with van der Waals surface area (Å²) in [6, 6.07) is 15.1. The maximum atomic E-state index is 10.5. The van der Waals surface area contributed by atoms with Gasteiger partial charge in [0.15, 0.2) is 0 Å². The van der Waals surface area contributed by atoms with Crippen LogP contribution >= 0.6 is 11.6 Å². The first-order chi connectivity index (χ1) is 8.75. The molecule has 2 nitrogen and oxygen atoms in total. The summed E-state index contributed by atoms with van der Waals surface area (Å²) in [6.07, 6.45) is 1.21. The number of benzene rings is 2. The van der Waals surface area contributed by atoms with Crippen molar-refractivity contribution in [1.29, 1.82) is 0 Å². The molecule has 90 valence electrons. The van der Waals surface area contributed by atoms with E-state index in [1.807, 2.05) is 42.6 Å². The SMILES string of the molecule is OC(c1cccc(Cl)c1)c1cccc2[nH]ccc12. The molecule has 0 fully saturated rings. The van der Waals surface area contributed by atoms with Crippen LogP contribution in [0.5, 0.6) is 0 Å². The number of aliphatic hydroxyl groups is 1. The standard InChI is InChI=1S/C15H12ClNO/c16-11-4-1-3-10(9-11)15(18)13-5-2-6-14-12(13)7-8-17-14/h1-9,15,17-18H. The van der Waals surface area contributed by atoms with E-state index < -0.39 is 6.10 Å². The molecule has 0 aliphatic carbocycles. The maximum absolute atomic E-state index is 10.5. The van der Waals surface area contributed by atoms with Crippen LogP contribution in [-0.2, 0) is 0 Å². The molecule has 0 saturated heterocycles. The molecule has 1 aromatic heterocycles. The van der Waals surface area contributed by atoms with Gasteiger partial charge in [-0.2, -0.15) is 0 Å². The molecule has 18 heavy (non-hydrogen) atoms. The Morgan fingerprint density at radius 1 is 1.06 bits per heavy atom. The number of hydrogen-bond acceptors (Lipinski definition) is 1. The molecule has 1 unspecified atom stereocenters. The van der Waals surface area contributed by atoms with Crippen LogP contribution in [0.1, 0.15) is 17.2 Å². The van der Waals surface area contributed by atoms with Crippen LogP contribution in [0, 0.1) is 0 Å². The Kier molecular flexibility index (Phi) is 2.82. The lowest BCUT2D eigenvalue weighted by atomic mass is 9.98. The summed E-state index contributed by atoms with van der Waals surface area (Å²) in [5.41, 5.74) is 2.71. The first-order valence-electron chi connectivity index (χ1n) is 5.75. The zero-order valence-corrected chi connectivity index (χ0v) is 10.4. The average molecular weight is 258 g/mol. The van der Waals surface area contributed by atoms with Crippen LogP contribution in [-0.4, -0.2) is 10.1 Å².